The molecule has 2 amide bonds. The van der Waals surface area contributed by atoms with E-state index in [1.165, 1.54) is 0 Å². The Kier molecular flexibility index (Phi) is 4.55. The summed E-state index contributed by atoms with van der Waals surface area (Å²) in [5.74, 6) is 0.728. The SMILES string of the molecule is O=C(Nc1cc(Cl)ccc1Oc1ccccc1)[C@@H]1CC(=O)N(C2CC2)C1. The van der Waals surface area contributed by atoms with Crippen LogP contribution < -0.4 is 10.1 Å². The van der Waals surface area contributed by atoms with Crippen LogP contribution in [-0.2, 0) is 9.59 Å². The average molecular weight is 371 g/mol. The molecule has 0 radical (unpaired) electrons. The summed E-state index contributed by atoms with van der Waals surface area (Å²) in [6, 6.07) is 14.8. The molecule has 2 aromatic carbocycles. The van der Waals surface area contributed by atoms with E-state index in [0.29, 0.717) is 34.8 Å². The van der Waals surface area contributed by atoms with Crippen molar-refractivity contribution in [1.29, 1.82) is 0 Å². The van der Waals surface area contributed by atoms with Crippen molar-refractivity contribution in [2.24, 2.45) is 5.92 Å². The van der Waals surface area contributed by atoms with Crippen LogP contribution in [0.15, 0.2) is 48.5 Å². The van der Waals surface area contributed by atoms with Crippen LogP contribution in [0.2, 0.25) is 5.02 Å². The van der Waals surface area contributed by atoms with Crippen LogP contribution in [0.4, 0.5) is 5.69 Å². The lowest BCUT2D eigenvalue weighted by Crippen LogP contribution is -2.29. The number of anilines is 1. The van der Waals surface area contributed by atoms with Gasteiger partial charge in [-0.15, -0.1) is 0 Å². The van der Waals surface area contributed by atoms with Gasteiger partial charge in [-0.05, 0) is 43.2 Å². The van der Waals surface area contributed by atoms with Crippen molar-refractivity contribution >= 4 is 29.1 Å². The molecule has 4 rings (SSSR count). The molecule has 0 spiro atoms. The molecule has 2 aliphatic rings. The molecule has 0 unspecified atom stereocenters. The monoisotopic (exact) mass is 370 g/mol. The molecule has 1 saturated carbocycles. The highest BCUT2D eigenvalue weighted by Gasteiger charge is 2.41. The lowest BCUT2D eigenvalue weighted by Gasteiger charge is -2.16. The highest BCUT2D eigenvalue weighted by atomic mass is 35.5. The minimum Gasteiger partial charge on any atom is -0.455 e. The maximum Gasteiger partial charge on any atom is 0.229 e. The normalized spacial score (nSPS) is 19.5. The fourth-order valence-electron chi connectivity index (χ4n) is 3.19. The van der Waals surface area contributed by atoms with E-state index in [1.807, 2.05) is 35.2 Å². The van der Waals surface area contributed by atoms with Gasteiger partial charge in [0.25, 0.3) is 0 Å². The highest BCUT2D eigenvalue weighted by Crippen LogP contribution is 2.35. The Labute approximate surface area is 156 Å². The zero-order valence-electron chi connectivity index (χ0n) is 14.2. The summed E-state index contributed by atoms with van der Waals surface area (Å²) in [6.45, 7) is 0.491. The van der Waals surface area contributed by atoms with Gasteiger partial charge in [-0.25, -0.2) is 0 Å². The van der Waals surface area contributed by atoms with Gasteiger partial charge >= 0.3 is 0 Å². The molecule has 0 aromatic heterocycles. The summed E-state index contributed by atoms with van der Waals surface area (Å²) >= 11 is 6.09. The number of carbonyl (C=O) groups is 2. The lowest BCUT2D eigenvalue weighted by molar-refractivity contribution is -0.128. The largest absolute Gasteiger partial charge is 0.455 e. The van der Waals surface area contributed by atoms with Crippen molar-refractivity contribution in [2.75, 3.05) is 11.9 Å². The fraction of sp³-hybridized carbons (Fsp3) is 0.300. The first kappa shape index (κ1) is 16.9. The molecule has 1 aliphatic heterocycles. The third kappa shape index (κ3) is 3.68. The number of ether oxygens (including phenoxy) is 1. The maximum absolute atomic E-state index is 12.7. The van der Waals surface area contributed by atoms with Gasteiger partial charge in [0.05, 0.1) is 11.6 Å². The maximum atomic E-state index is 12.7. The van der Waals surface area contributed by atoms with Crippen LogP contribution in [0, 0.1) is 5.92 Å². The van der Waals surface area contributed by atoms with Crippen molar-refractivity contribution < 1.29 is 14.3 Å². The molecule has 1 heterocycles. The second-order valence-electron chi connectivity index (χ2n) is 6.72. The Balaban J connectivity index is 1.49. The number of nitrogens with zero attached hydrogens (tertiary/aromatic N) is 1. The van der Waals surface area contributed by atoms with Crippen molar-refractivity contribution in [3.63, 3.8) is 0 Å². The number of amides is 2. The Morgan fingerprint density at radius 3 is 2.65 bits per heavy atom. The first-order valence-corrected chi connectivity index (χ1v) is 9.11. The Morgan fingerprint density at radius 1 is 1.15 bits per heavy atom. The minimum atomic E-state index is -0.341. The molecule has 6 heteroatoms. The third-order valence-corrected chi connectivity index (χ3v) is 4.92. The molecule has 1 N–H and O–H groups in total. The lowest BCUT2D eigenvalue weighted by atomic mass is 10.1. The van der Waals surface area contributed by atoms with Gasteiger partial charge in [0.15, 0.2) is 5.75 Å². The van der Waals surface area contributed by atoms with Gasteiger partial charge in [-0.3, -0.25) is 9.59 Å². The topological polar surface area (TPSA) is 58.6 Å². The standard InChI is InChI=1S/C20H19ClN2O3/c21-14-6-9-18(26-16-4-2-1-3-5-16)17(11-14)22-20(25)13-10-19(24)23(12-13)15-7-8-15/h1-6,9,11,13,15H,7-8,10,12H2,(H,22,25)/t13-/m1/s1. The predicted molar refractivity (Wildman–Crippen MR) is 99.4 cm³/mol. The molecular weight excluding hydrogens is 352 g/mol. The molecule has 2 aromatic rings. The van der Waals surface area contributed by atoms with Crippen LogP contribution in [0.1, 0.15) is 19.3 Å². The first-order valence-electron chi connectivity index (χ1n) is 8.73. The number of carbonyl (C=O) groups excluding carboxylic acids is 2. The molecule has 0 bridgehead atoms. The van der Waals surface area contributed by atoms with Crippen molar-refractivity contribution in [3.8, 4) is 11.5 Å². The number of halogens is 1. The summed E-state index contributed by atoms with van der Waals surface area (Å²) in [6.07, 6.45) is 2.35. The Bertz CT molecular complexity index is 836. The van der Waals surface area contributed by atoms with Crippen LogP contribution in [0.3, 0.4) is 0 Å². The van der Waals surface area contributed by atoms with Gasteiger partial charge in [0.1, 0.15) is 5.75 Å². The van der Waals surface area contributed by atoms with Gasteiger partial charge in [0, 0.05) is 24.0 Å². The van der Waals surface area contributed by atoms with Crippen LogP contribution in [0.5, 0.6) is 11.5 Å². The third-order valence-electron chi connectivity index (χ3n) is 4.69. The summed E-state index contributed by atoms with van der Waals surface area (Å²) in [5, 5.41) is 3.39. The number of benzene rings is 2. The molecule has 1 saturated heterocycles. The number of nitrogens with one attached hydrogen (secondary N) is 1. The zero-order valence-corrected chi connectivity index (χ0v) is 14.9. The van der Waals surface area contributed by atoms with Gasteiger partial charge in [-0.2, -0.15) is 0 Å². The highest BCUT2D eigenvalue weighted by molar-refractivity contribution is 6.31. The molecule has 134 valence electrons. The van der Waals surface area contributed by atoms with Gasteiger partial charge in [-0.1, -0.05) is 29.8 Å². The molecule has 2 fully saturated rings. The van der Waals surface area contributed by atoms with Crippen LogP contribution in [-0.4, -0.2) is 29.3 Å². The van der Waals surface area contributed by atoms with E-state index in [4.69, 9.17) is 16.3 Å². The van der Waals surface area contributed by atoms with Crippen LogP contribution in [0.25, 0.3) is 0 Å². The number of likely N-dealkylation sites (tertiary alicyclic amines) is 1. The smallest absolute Gasteiger partial charge is 0.229 e. The minimum absolute atomic E-state index is 0.0690. The summed E-state index contributed by atoms with van der Waals surface area (Å²) in [4.78, 5) is 26.6. The quantitative estimate of drug-likeness (QED) is 0.862. The molecule has 1 atom stereocenters. The summed E-state index contributed by atoms with van der Waals surface area (Å²) in [5.41, 5.74) is 0.503. The second-order valence-corrected chi connectivity index (χ2v) is 7.16. The van der Waals surface area contributed by atoms with E-state index < -0.39 is 0 Å². The molecular formula is C20H19ClN2O3. The van der Waals surface area contributed by atoms with Gasteiger partial charge < -0.3 is 15.0 Å². The fourth-order valence-corrected chi connectivity index (χ4v) is 3.36. The average Bonchev–Trinajstić information content (AvgIpc) is 3.40. The van der Waals surface area contributed by atoms with E-state index in [1.54, 1.807) is 18.2 Å². The van der Waals surface area contributed by atoms with Gasteiger partial charge in [0.2, 0.25) is 11.8 Å². The van der Waals surface area contributed by atoms with E-state index in [0.717, 1.165) is 12.8 Å². The van der Waals surface area contributed by atoms with Crippen molar-refractivity contribution in [1.82, 2.24) is 4.90 Å². The predicted octanol–water partition coefficient (Wildman–Crippen LogP) is 4.08. The van der Waals surface area contributed by atoms with E-state index in [2.05, 4.69) is 5.32 Å². The van der Waals surface area contributed by atoms with E-state index in [-0.39, 0.29) is 24.2 Å². The summed E-state index contributed by atoms with van der Waals surface area (Å²) in [7, 11) is 0. The Morgan fingerprint density at radius 2 is 1.92 bits per heavy atom. The molecule has 5 nitrogen and oxygen atoms in total. The number of rotatable bonds is 5. The number of hydrogen-bond donors (Lipinski definition) is 1. The zero-order chi connectivity index (χ0) is 18.1. The Hall–Kier alpha value is -2.53. The second kappa shape index (κ2) is 7.00. The van der Waals surface area contributed by atoms with E-state index >= 15 is 0 Å². The van der Waals surface area contributed by atoms with Crippen molar-refractivity contribution in [2.45, 2.75) is 25.3 Å². The van der Waals surface area contributed by atoms with E-state index in [9.17, 15) is 9.59 Å². The number of para-hydroxylation sites is 1. The molecule has 26 heavy (non-hydrogen) atoms. The summed E-state index contributed by atoms with van der Waals surface area (Å²) < 4.78 is 5.87. The number of hydrogen-bond acceptors (Lipinski definition) is 3. The molecule has 1 aliphatic carbocycles. The van der Waals surface area contributed by atoms with Crippen LogP contribution >= 0.6 is 11.6 Å². The van der Waals surface area contributed by atoms with Crippen molar-refractivity contribution in [3.05, 3.63) is 53.6 Å². The first-order chi connectivity index (χ1) is 12.6.